The summed E-state index contributed by atoms with van der Waals surface area (Å²) in [7, 11) is 0. The first kappa shape index (κ1) is 24.6. The highest BCUT2D eigenvalue weighted by Crippen LogP contribution is 2.40. The lowest BCUT2D eigenvalue weighted by atomic mass is 10.0. The number of aromatic nitrogens is 1. The van der Waals surface area contributed by atoms with E-state index in [1.165, 1.54) is 29.5 Å². The van der Waals surface area contributed by atoms with Crippen LogP contribution in [0.3, 0.4) is 0 Å². The Morgan fingerprint density at radius 3 is 2.08 bits per heavy atom. The van der Waals surface area contributed by atoms with Crippen LogP contribution in [0.5, 0.6) is 0 Å². The van der Waals surface area contributed by atoms with Crippen molar-refractivity contribution in [1.82, 2.24) is 4.98 Å². The molecule has 6 nitrogen and oxygen atoms in total. The average Bonchev–Trinajstić information content (AvgIpc) is 3.33. The number of nitrogens with one attached hydrogen (secondary N) is 1. The van der Waals surface area contributed by atoms with Crippen LogP contribution >= 0.6 is 34.5 Å². The van der Waals surface area contributed by atoms with Gasteiger partial charge in [-0.3, -0.25) is 20.2 Å². The fourth-order valence-electron chi connectivity index (χ4n) is 3.79. The summed E-state index contributed by atoms with van der Waals surface area (Å²) in [4.78, 5) is 29.1. The Bertz CT molecular complexity index is 1600. The lowest BCUT2D eigenvalue weighted by Gasteiger charge is -2.05. The van der Waals surface area contributed by atoms with Gasteiger partial charge in [-0.15, -0.1) is 0 Å². The Morgan fingerprint density at radius 2 is 1.43 bits per heavy atom. The van der Waals surface area contributed by atoms with Crippen LogP contribution in [0.2, 0.25) is 10.0 Å². The summed E-state index contributed by atoms with van der Waals surface area (Å²) >= 11 is 13.4. The van der Waals surface area contributed by atoms with Crippen molar-refractivity contribution in [3.8, 4) is 32.8 Å². The second-order valence-corrected chi connectivity index (χ2v) is 9.87. The third-order valence-corrected chi connectivity index (χ3v) is 7.20. The summed E-state index contributed by atoms with van der Waals surface area (Å²) in [6.07, 6.45) is 0. The van der Waals surface area contributed by atoms with Gasteiger partial charge in [0.15, 0.2) is 5.13 Å². The third kappa shape index (κ3) is 5.39. The van der Waals surface area contributed by atoms with Crippen LogP contribution < -0.4 is 5.32 Å². The molecule has 0 atom stereocenters. The number of amides is 1. The number of anilines is 1. The molecule has 0 fully saturated rings. The molecule has 37 heavy (non-hydrogen) atoms. The molecular weight excluding hydrogens is 529 g/mol. The van der Waals surface area contributed by atoms with Crippen molar-refractivity contribution in [2.45, 2.75) is 0 Å². The maximum atomic E-state index is 12.9. The lowest BCUT2D eigenvalue weighted by Crippen LogP contribution is -2.12. The summed E-state index contributed by atoms with van der Waals surface area (Å²) in [5, 5.41) is 15.0. The van der Waals surface area contributed by atoms with Crippen molar-refractivity contribution in [2.24, 2.45) is 0 Å². The lowest BCUT2D eigenvalue weighted by molar-refractivity contribution is -0.384. The third-order valence-electron chi connectivity index (χ3n) is 5.63. The fourth-order valence-corrected chi connectivity index (χ4v) is 5.27. The Hall–Kier alpha value is -4.04. The van der Waals surface area contributed by atoms with Crippen LogP contribution in [0.25, 0.3) is 32.8 Å². The summed E-state index contributed by atoms with van der Waals surface area (Å²) in [6, 6.07) is 28.9. The Balaban J connectivity index is 1.53. The van der Waals surface area contributed by atoms with E-state index in [1.54, 1.807) is 24.3 Å². The Labute approximate surface area is 226 Å². The number of hydrogen-bond donors (Lipinski definition) is 1. The van der Waals surface area contributed by atoms with Gasteiger partial charge in [-0.05, 0) is 47.0 Å². The number of nitro groups is 1. The quantitative estimate of drug-likeness (QED) is 0.171. The van der Waals surface area contributed by atoms with Crippen LogP contribution in [0, 0.1) is 10.1 Å². The van der Waals surface area contributed by atoms with Gasteiger partial charge in [0, 0.05) is 22.7 Å². The van der Waals surface area contributed by atoms with Gasteiger partial charge in [-0.2, -0.15) is 0 Å². The van der Waals surface area contributed by atoms with Crippen molar-refractivity contribution in [1.29, 1.82) is 0 Å². The molecule has 4 aromatic carbocycles. The molecule has 1 aromatic heterocycles. The molecule has 0 aliphatic heterocycles. The Kier molecular flexibility index (Phi) is 7.01. The first-order chi connectivity index (χ1) is 17.9. The van der Waals surface area contributed by atoms with Gasteiger partial charge in [0.05, 0.1) is 26.1 Å². The van der Waals surface area contributed by atoms with Crippen molar-refractivity contribution in [3.05, 3.63) is 123 Å². The van der Waals surface area contributed by atoms with E-state index in [4.69, 9.17) is 28.2 Å². The van der Waals surface area contributed by atoms with Crippen LogP contribution in [0.4, 0.5) is 10.8 Å². The smallest absolute Gasteiger partial charge is 0.269 e. The minimum absolute atomic E-state index is 0.00654. The molecule has 0 aliphatic rings. The first-order valence-electron chi connectivity index (χ1n) is 11.1. The van der Waals surface area contributed by atoms with Crippen molar-refractivity contribution in [2.75, 3.05) is 5.32 Å². The Morgan fingerprint density at radius 1 is 0.811 bits per heavy atom. The maximum absolute atomic E-state index is 12.9. The zero-order chi connectivity index (χ0) is 25.9. The van der Waals surface area contributed by atoms with E-state index in [0.29, 0.717) is 15.8 Å². The molecule has 5 rings (SSSR count). The van der Waals surface area contributed by atoms with E-state index in [0.717, 1.165) is 27.1 Å². The minimum Gasteiger partial charge on any atom is -0.298 e. The zero-order valence-electron chi connectivity index (χ0n) is 19.0. The molecule has 0 spiro atoms. The number of thiazole rings is 1. The molecule has 0 radical (unpaired) electrons. The molecule has 1 amide bonds. The molecule has 0 bridgehead atoms. The molecule has 0 saturated carbocycles. The number of halogens is 2. The summed E-state index contributed by atoms with van der Waals surface area (Å²) in [6.45, 7) is 0. The van der Waals surface area contributed by atoms with E-state index in [2.05, 4.69) is 5.32 Å². The van der Waals surface area contributed by atoms with Gasteiger partial charge >= 0.3 is 0 Å². The standard InChI is InChI=1S/C28H17Cl2N3O3S/c29-21-12-15-23(24(30)16-21)27(34)32-28-31-25(26(37-28)20-10-13-22(14-11-20)33(35)36)19-8-6-18(7-9-19)17-4-2-1-3-5-17/h1-16H,(H,31,32,34). The van der Waals surface area contributed by atoms with Crippen molar-refractivity contribution in [3.63, 3.8) is 0 Å². The molecule has 0 aliphatic carbocycles. The van der Waals surface area contributed by atoms with E-state index in [-0.39, 0.29) is 16.3 Å². The monoisotopic (exact) mass is 545 g/mol. The molecule has 182 valence electrons. The molecule has 1 heterocycles. The van der Waals surface area contributed by atoms with Gasteiger partial charge in [0.2, 0.25) is 0 Å². The highest BCUT2D eigenvalue weighted by Gasteiger charge is 2.19. The average molecular weight is 546 g/mol. The maximum Gasteiger partial charge on any atom is 0.269 e. The van der Waals surface area contributed by atoms with E-state index in [1.807, 2.05) is 54.6 Å². The fraction of sp³-hybridized carbons (Fsp3) is 0. The highest BCUT2D eigenvalue weighted by molar-refractivity contribution is 7.19. The SMILES string of the molecule is O=C(Nc1nc(-c2ccc(-c3ccccc3)cc2)c(-c2ccc([N+](=O)[O-])cc2)s1)c1ccc(Cl)cc1Cl. The van der Waals surface area contributed by atoms with Gasteiger partial charge < -0.3 is 0 Å². The second kappa shape index (κ2) is 10.5. The number of hydrogen-bond acceptors (Lipinski definition) is 5. The largest absolute Gasteiger partial charge is 0.298 e. The normalized spacial score (nSPS) is 10.8. The number of carbonyl (C=O) groups is 1. The number of nitro benzene ring substituents is 1. The van der Waals surface area contributed by atoms with Crippen molar-refractivity contribution >= 4 is 51.3 Å². The number of rotatable bonds is 6. The van der Waals surface area contributed by atoms with Crippen molar-refractivity contribution < 1.29 is 9.72 Å². The number of carbonyl (C=O) groups excluding carboxylic acids is 1. The number of nitrogens with zero attached hydrogens (tertiary/aromatic N) is 2. The summed E-state index contributed by atoms with van der Waals surface area (Å²) in [5.74, 6) is -0.420. The molecule has 0 saturated heterocycles. The predicted octanol–water partition coefficient (Wildman–Crippen LogP) is 8.61. The molecule has 1 N–H and O–H groups in total. The minimum atomic E-state index is -0.443. The second-order valence-electron chi connectivity index (χ2n) is 8.02. The van der Waals surface area contributed by atoms with Gasteiger partial charge in [0.1, 0.15) is 0 Å². The first-order valence-corrected chi connectivity index (χ1v) is 12.6. The van der Waals surface area contributed by atoms with Crippen LogP contribution in [0.15, 0.2) is 97.1 Å². The molecule has 0 unspecified atom stereocenters. The zero-order valence-corrected chi connectivity index (χ0v) is 21.3. The van der Waals surface area contributed by atoms with Crippen LogP contribution in [-0.2, 0) is 0 Å². The van der Waals surface area contributed by atoms with Gasteiger partial charge in [-0.1, -0.05) is 89.1 Å². The van der Waals surface area contributed by atoms with E-state index < -0.39 is 10.8 Å². The summed E-state index contributed by atoms with van der Waals surface area (Å²) < 4.78 is 0. The topological polar surface area (TPSA) is 85.1 Å². The molecular formula is C28H17Cl2N3O3S. The predicted molar refractivity (Wildman–Crippen MR) is 149 cm³/mol. The van der Waals surface area contributed by atoms with Crippen LogP contribution in [-0.4, -0.2) is 15.8 Å². The highest BCUT2D eigenvalue weighted by atomic mass is 35.5. The van der Waals surface area contributed by atoms with E-state index in [9.17, 15) is 14.9 Å². The van der Waals surface area contributed by atoms with Gasteiger partial charge in [-0.25, -0.2) is 4.98 Å². The molecule has 9 heteroatoms. The number of benzene rings is 4. The van der Waals surface area contributed by atoms with Crippen LogP contribution in [0.1, 0.15) is 10.4 Å². The van der Waals surface area contributed by atoms with Gasteiger partial charge in [0.25, 0.3) is 11.6 Å². The van der Waals surface area contributed by atoms with E-state index >= 15 is 0 Å². The number of non-ortho nitro benzene ring substituents is 1. The molecule has 5 aromatic rings. The summed E-state index contributed by atoms with van der Waals surface area (Å²) in [5.41, 5.74) is 4.65.